The monoisotopic (exact) mass is 349 g/mol. The Labute approximate surface area is 148 Å². The Morgan fingerprint density at radius 2 is 1.80 bits per heavy atom. The van der Waals surface area contributed by atoms with Crippen molar-refractivity contribution < 1.29 is 19.1 Å². The van der Waals surface area contributed by atoms with Crippen LogP contribution in [0.3, 0.4) is 0 Å². The molecule has 7 nitrogen and oxygen atoms in total. The third-order valence-corrected chi connectivity index (χ3v) is 3.39. The van der Waals surface area contributed by atoms with Gasteiger partial charge < -0.3 is 24.4 Å². The normalized spacial score (nSPS) is 12.6. The van der Waals surface area contributed by atoms with E-state index in [0.29, 0.717) is 35.8 Å². The van der Waals surface area contributed by atoms with E-state index in [1.165, 1.54) is 0 Å². The summed E-state index contributed by atoms with van der Waals surface area (Å²) in [5, 5.41) is 17.0. The Morgan fingerprint density at radius 1 is 1.12 bits per heavy atom. The van der Waals surface area contributed by atoms with Gasteiger partial charge in [0.2, 0.25) is 0 Å². The molecule has 1 unspecified atom stereocenters. The number of rotatable bonds is 10. The van der Waals surface area contributed by atoms with E-state index in [9.17, 15) is 5.11 Å². The van der Waals surface area contributed by atoms with E-state index < -0.39 is 6.10 Å². The summed E-state index contributed by atoms with van der Waals surface area (Å²) in [6.07, 6.45) is -0.597. The van der Waals surface area contributed by atoms with Crippen molar-refractivity contribution in [2.45, 2.75) is 52.4 Å². The summed E-state index contributed by atoms with van der Waals surface area (Å²) in [6, 6.07) is 7.62. The Balaban J connectivity index is 1.88. The molecule has 1 atom stereocenters. The van der Waals surface area contributed by atoms with E-state index >= 15 is 0 Å². The first-order chi connectivity index (χ1) is 12.0. The average molecular weight is 349 g/mol. The fraction of sp³-hybridized carbons (Fsp3) is 0.556. The molecular formula is C18H27N3O4. The molecule has 138 valence electrons. The summed E-state index contributed by atoms with van der Waals surface area (Å²) in [6.45, 7) is 8.87. The highest BCUT2D eigenvalue weighted by Crippen LogP contribution is 2.27. The molecular weight excluding hydrogens is 322 g/mol. The molecule has 1 aromatic carbocycles. The second-order valence-corrected chi connectivity index (χ2v) is 6.46. The molecule has 0 radical (unpaired) electrons. The predicted octanol–water partition coefficient (Wildman–Crippen LogP) is 2.51. The molecule has 1 aromatic heterocycles. The zero-order valence-corrected chi connectivity index (χ0v) is 15.2. The topological polar surface area (TPSA) is 89.6 Å². The minimum absolute atomic E-state index is 0.164. The Morgan fingerprint density at radius 3 is 2.40 bits per heavy atom. The lowest BCUT2D eigenvalue weighted by molar-refractivity contribution is 0.101. The SMILES string of the molecule is CC(C)NCC(O)COc1ccccc1OCc1nc(C(C)C)no1. The van der Waals surface area contributed by atoms with E-state index in [-0.39, 0.29) is 19.1 Å². The van der Waals surface area contributed by atoms with Crippen LogP contribution in [0, 0.1) is 0 Å². The molecule has 7 heteroatoms. The summed E-state index contributed by atoms with van der Waals surface area (Å²) < 4.78 is 16.6. The molecule has 0 spiro atoms. The Kier molecular flexibility index (Phi) is 7.21. The lowest BCUT2D eigenvalue weighted by Gasteiger charge is -2.16. The molecule has 0 saturated heterocycles. The van der Waals surface area contributed by atoms with Crippen molar-refractivity contribution in [2.75, 3.05) is 13.2 Å². The van der Waals surface area contributed by atoms with Gasteiger partial charge in [-0.05, 0) is 12.1 Å². The zero-order valence-electron chi connectivity index (χ0n) is 15.2. The number of ether oxygens (including phenoxy) is 2. The third-order valence-electron chi connectivity index (χ3n) is 3.39. The van der Waals surface area contributed by atoms with Gasteiger partial charge in [-0.15, -0.1) is 0 Å². The van der Waals surface area contributed by atoms with Gasteiger partial charge in [-0.3, -0.25) is 0 Å². The second-order valence-electron chi connectivity index (χ2n) is 6.46. The smallest absolute Gasteiger partial charge is 0.264 e. The number of aromatic nitrogens is 2. The van der Waals surface area contributed by atoms with Crippen LogP contribution in [0.15, 0.2) is 28.8 Å². The van der Waals surface area contributed by atoms with Crippen molar-refractivity contribution in [3.05, 3.63) is 36.0 Å². The highest BCUT2D eigenvalue weighted by atomic mass is 16.5. The van der Waals surface area contributed by atoms with Crippen LogP contribution in [-0.4, -0.2) is 40.5 Å². The van der Waals surface area contributed by atoms with Gasteiger partial charge in [0.05, 0.1) is 0 Å². The molecule has 2 aromatic rings. The van der Waals surface area contributed by atoms with Gasteiger partial charge in [-0.2, -0.15) is 4.98 Å². The van der Waals surface area contributed by atoms with Crippen molar-refractivity contribution in [1.29, 1.82) is 0 Å². The first-order valence-electron chi connectivity index (χ1n) is 8.54. The van der Waals surface area contributed by atoms with Gasteiger partial charge in [0.1, 0.15) is 12.7 Å². The summed E-state index contributed by atoms with van der Waals surface area (Å²) in [5.41, 5.74) is 0. The molecule has 0 aliphatic carbocycles. The van der Waals surface area contributed by atoms with Crippen LogP contribution < -0.4 is 14.8 Å². The number of benzene rings is 1. The minimum Gasteiger partial charge on any atom is -0.487 e. The quantitative estimate of drug-likeness (QED) is 0.681. The molecule has 0 amide bonds. The molecule has 0 aliphatic rings. The lowest BCUT2D eigenvalue weighted by atomic mass is 10.2. The Hall–Kier alpha value is -2.12. The number of aliphatic hydroxyl groups excluding tert-OH is 1. The molecule has 0 aliphatic heterocycles. The number of para-hydroxylation sites is 2. The molecule has 25 heavy (non-hydrogen) atoms. The lowest BCUT2D eigenvalue weighted by Crippen LogP contribution is -2.35. The maximum absolute atomic E-state index is 9.95. The van der Waals surface area contributed by atoms with Crippen LogP contribution in [0.1, 0.15) is 45.3 Å². The first kappa shape index (κ1) is 19.2. The van der Waals surface area contributed by atoms with Gasteiger partial charge >= 0.3 is 0 Å². The van der Waals surface area contributed by atoms with Crippen LogP contribution in [-0.2, 0) is 6.61 Å². The van der Waals surface area contributed by atoms with Crippen molar-refractivity contribution >= 4 is 0 Å². The van der Waals surface area contributed by atoms with Crippen LogP contribution in [0.5, 0.6) is 11.5 Å². The number of nitrogens with zero attached hydrogens (tertiary/aromatic N) is 2. The first-order valence-corrected chi connectivity index (χ1v) is 8.54. The number of hydrogen-bond donors (Lipinski definition) is 2. The van der Waals surface area contributed by atoms with Gasteiger partial charge in [0.15, 0.2) is 23.9 Å². The van der Waals surface area contributed by atoms with Crippen molar-refractivity contribution in [3.63, 3.8) is 0 Å². The maximum atomic E-state index is 9.95. The van der Waals surface area contributed by atoms with Crippen LogP contribution in [0.4, 0.5) is 0 Å². The Bertz CT molecular complexity index is 643. The average Bonchev–Trinajstić information content (AvgIpc) is 3.06. The van der Waals surface area contributed by atoms with Crippen LogP contribution in [0.2, 0.25) is 0 Å². The van der Waals surface area contributed by atoms with E-state index in [0.717, 1.165) is 0 Å². The number of nitrogens with one attached hydrogen (secondary N) is 1. The van der Waals surface area contributed by atoms with E-state index in [2.05, 4.69) is 15.5 Å². The van der Waals surface area contributed by atoms with Crippen LogP contribution in [0.25, 0.3) is 0 Å². The fourth-order valence-electron chi connectivity index (χ4n) is 2.01. The fourth-order valence-corrected chi connectivity index (χ4v) is 2.01. The molecule has 0 bridgehead atoms. The van der Waals surface area contributed by atoms with Crippen molar-refractivity contribution in [1.82, 2.24) is 15.5 Å². The van der Waals surface area contributed by atoms with E-state index in [1.54, 1.807) is 12.1 Å². The standard InChI is InChI=1S/C18H27N3O4/c1-12(2)18-20-17(25-21-18)11-24-16-8-6-5-7-15(16)23-10-14(22)9-19-13(3)4/h5-8,12-14,19,22H,9-11H2,1-4H3. The number of hydrogen-bond acceptors (Lipinski definition) is 7. The van der Waals surface area contributed by atoms with Crippen LogP contribution >= 0.6 is 0 Å². The van der Waals surface area contributed by atoms with Gasteiger partial charge in [0, 0.05) is 18.5 Å². The van der Waals surface area contributed by atoms with Gasteiger partial charge in [-0.1, -0.05) is 45.0 Å². The highest BCUT2D eigenvalue weighted by Gasteiger charge is 2.13. The molecule has 2 rings (SSSR count). The molecule has 0 saturated carbocycles. The molecule has 1 heterocycles. The maximum Gasteiger partial charge on any atom is 0.264 e. The molecule has 2 N–H and O–H groups in total. The summed E-state index contributed by atoms with van der Waals surface area (Å²) in [7, 11) is 0. The number of aliphatic hydroxyl groups is 1. The summed E-state index contributed by atoms with van der Waals surface area (Å²) in [4.78, 5) is 4.28. The zero-order chi connectivity index (χ0) is 18.2. The van der Waals surface area contributed by atoms with E-state index in [1.807, 2.05) is 39.8 Å². The van der Waals surface area contributed by atoms with Gasteiger partial charge in [-0.25, -0.2) is 0 Å². The third kappa shape index (κ3) is 6.36. The predicted molar refractivity (Wildman–Crippen MR) is 93.8 cm³/mol. The largest absolute Gasteiger partial charge is 0.487 e. The second kappa shape index (κ2) is 9.39. The van der Waals surface area contributed by atoms with Crippen molar-refractivity contribution in [2.24, 2.45) is 0 Å². The van der Waals surface area contributed by atoms with E-state index in [4.69, 9.17) is 14.0 Å². The molecule has 0 fully saturated rings. The minimum atomic E-state index is -0.597. The highest BCUT2D eigenvalue weighted by molar-refractivity contribution is 5.39. The summed E-state index contributed by atoms with van der Waals surface area (Å²) >= 11 is 0. The van der Waals surface area contributed by atoms with Crippen molar-refractivity contribution in [3.8, 4) is 11.5 Å². The summed E-state index contributed by atoms with van der Waals surface area (Å²) in [5.74, 6) is 2.41. The van der Waals surface area contributed by atoms with Gasteiger partial charge in [0.25, 0.3) is 5.89 Å².